The van der Waals surface area contributed by atoms with Gasteiger partial charge in [-0.1, -0.05) is 23.7 Å². The van der Waals surface area contributed by atoms with Crippen molar-refractivity contribution in [2.75, 3.05) is 20.8 Å². The second kappa shape index (κ2) is 7.42. The van der Waals surface area contributed by atoms with Crippen LogP contribution in [0, 0.1) is 0 Å². The van der Waals surface area contributed by atoms with Crippen molar-refractivity contribution in [3.8, 4) is 5.75 Å². The minimum Gasteiger partial charge on any atom is -0.497 e. The standard InChI is InChI=1S/C14H19ClN4O2/c1-20-7-6-19-14(12(15)9-17-19)13(18-16)10-4-3-5-11(8-10)21-2/h3-5,8-9,13,18H,6-7,16H2,1-2H3. The minimum atomic E-state index is -0.285. The van der Waals surface area contributed by atoms with Gasteiger partial charge in [0, 0.05) is 7.11 Å². The molecule has 0 aliphatic carbocycles. The highest BCUT2D eigenvalue weighted by Gasteiger charge is 2.21. The van der Waals surface area contributed by atoms with Gasteiger partial charge in [0.05, 0.1) is 43.2 Å². The molecule has 1 heterocycles. The fraction of sp³-hybridized carbons (Fsp3) is 0.357. The Morgan fingerprint density at radius 2 is 2.24 bits per heavy atom. The molecule has 0 radical (unpaired) electrons. The molecule has 0 aliphatic heterocycles. The summed E-state index contributed by atoms with van der Waals surface area (Å²) < 4.78 is 12.1. The van der Waals surface area contributed by atoms with Gasteiger partial charge in [0.2, 0.25) is 0 Å². The Kier molecular flexibility index (Phi) is 5.58. The highest BCUT2D eigenvalue weighted by Crippen LogP contribution is 2.29. The molecule has 0 saturated heterocycles. The summed E-state index contributed by atoms with van der Waals surface area (Å²) in [6.07, 6.45) is 1.61. The number of nitrogens with one attached hydrogen (secondary N) is 1. The van der Waals surface area contributed by atoms with E-state index >= 15 is 0 Å². The molecule has 0 spiro atoms. The van der Waals surface area contributed by atoms with Gasteiger partial charge in [-0.3, -0.25) is 10.5 Å². The van der Waals surface area contributed by atoms with E-state index in [4.69, 9.17) is 26.9 Å². The van der Waals surface area contributed by atoms with Crippen LogP contribution in [0.25, 0.3) is 0 Å². The molecule has 1 aromatic heterocycles. The number of rotatable bonds is 7. The lowest BCUT2D eigenvalue weighted by molar-refractivity contribution is 0.182. The number of nitrogens with two attached hydrogens (primary N) is 1. The molecule has 0 bridgehead atoms. The van der Waals surface area contributed by atoms with E-state index < -0.39 is 0 Å². The molecule has 0 amide bonds. The van der Waals surface area contributed by atoms with Crippen LogP contribution in [0.5, 0.6) is 5.75 Å². The molecule has 1 unspecified atom stereocenters. The minimum absolute atomic E-state index is 0.285. The molecule has 2 aromatic rings. The highest BCUT2D eigenvalue weighted by molar-refractivity contribution is 6.31. The molecule has 0 saturated carbocycles. The summed E-state index contributed by atoms with van der Waals surface area (Å²) in [7, 11) is 3.27. The number of aromatic nitrogens is 2. The molecule has 114 valence electrons. The van der Waals surface area contributed by atoms with Crippen LogP contribution in [-0.2, 0) is 11.3 Å². The second-order valence-electron chi connectivity index (χ2n) is 4.47. The molecule has 7 heteroatoms. The molecule has 3 N–H and O–H groups in total. The van der Waals surface area contributed by atoms with Crippen molar-refractivity contribution < 1.29 is 9.47 Å². The molecule has 1 atom stereocenters. The summed E-state index contributed by atoms with van der Waals surface area (Å²) in [5.74, 6) is 6.49. The number of hydrazine groups is 1. The van der Waals surface area contributed by atoms with Crippen LogP contribution in [0.15, 0.2) is 30.5 Å². The Bertz CT molecular complexity index is 588. The van der Waals surface area contributed by atoms with Gasteiger partial charge in [-0.2, -0.15) is 5.10 Å². The Hall–Kier alpha value is -1.60. The van der Waals surface area contributed by atoms with E-state index in [0.717, 1.165) is 17.0 Å². The lowest BCUT2D eigenvalue weighted by atomic mass is 10.0. The van der Waals surface area contributed by atoms with Gasteiger partial charge < -0.3 is 9.47 Å². The number of ether oxygens (including phenoxy) is 2. The predicted octanol–water partition coefficient (Wildman–Crippen LogP) is 1.74. The van der Waals surface area contributed by atoms with E-state index in [1.807, 2.05) is 24.3 Å². The number of methoxy groups -OCH3 is 2. The first-order valence-corrected chi connectivity index (χ1v) is 6.89. The molecule has 0 fully saturated rings. The first kappa shape index (κ1) is 15.8. The van der Waals surface area contributed by atoms with Gasteiger partial charge in [-0.05, 0) is 17.7 Å². The maximum atomic E-state index is 6.27. The van der Waals surface area contributed by atoms with E-state index in [0.29, 0.717) is 18.2 Å². The van der Waals surface area contributed by atoms with Crippen molar-refractivity contribution in [1.29, 1.82) is 0 Å². The van der Waals surface area contributed by atoms with E-state index in [2.05, 4.69) is 10.5 Å². The zero-order valence-corrected chi connectivity index (χ0v) is 12.8. The molecule has 2 rings (SSSR count). The average Bonchev–Trinajstić information content (AvgIpc) is 2.88. The summed E-state index contributed by atoms with van der Waals surface area (Å²) in [6.45, 7) is 1.14. The van der Waals surface area contributed by atoms with Crippen molar-refractivity contribution in [2.24, 2.45) is 5.84 Å². The van der Waals surface area contributed by atoms with Gasteiger partial charge in [0.15, 0.2) is 0 Å². The number of benzene rings is 1. The van der Waals surface area contributed by atoms with Gasteiger partial charge >= 0.3 is 0 Å². The monoisotopic (exact) mass is 310 g/mol. The summed E-state index contributed by atoms with van der Waals surface area (Å²) in [5, 5.41) is 4.82. The number of hydrogen-bond acceptors (Lipinski definition) is 5. The van der Waals surface area contributed by atoms with Crippen molar-refractivity contribution >= 4 is 11.6 Å². The Labute approximate surface area is 128 Å². The summed E-state index contributed by atoms with van der Waals surface area (Å²) in [4.78, 5) is 0. The quantitative estimate of drug-likeness (QED) is 0.602. The maximum Gasteiger partial charge on any atom is 0.119 e. The second-order valence-corrected chi connectivity index (χ2v) is 4.88. The Morgan fingerprint density at radius 3 is 2.90 bits per heavy atom. The predicted molar refractivity (Wildman–Crippen MR) is 81.3 cm³/mol. The summed E-state index contributed by atoms with van der Waals surface area (Å²) in [5.41, 5.74) is 4.53. The lowest BCUT2D eigenvalue weighted by Gasteiger charge is -2.19. The number of nitrogens with zero attached hydrogens (tertiary/aromatic N) is 2. The van der Waals surface area contributed by atoms with Crippen molar-refractivity contribution in [3.05, 3.63) is 46.7 Å². The van der Waals surface area contributed by atoms with Crippen LogP contribution in [0.2, 0.25) is 5.02 Å². The van der Waals surface area contributed by atoms with Gasteiger partial charge in [-0.15, -0.1) is 0 Å². The van der Waals surface area contributed by atoms with Crippen LogP contribution in [0.4, 0.5) is 0 Å². The molecule has 1 aromatic carbocycles. The number of halogens is 1. The smallest absolute Gasteiger partial charge is 0.119 e. The molecular formula is C14H19ClN4O2. The topological polar surface area (TPSA) is 74.3 Å². The average molecular weight is 311 g/mol. The van der Waals surface area contributed by atoms with E-state index in [1.54, 1.807) is 25.1 Å². The Morgan fingerprint density at radius 1 is 1.43 bits per heavy atom. The highest BCUT2D eigenvalue weighted by atomic mass is 35.5. The van der Waals surface area contributed by atoms with Crippen molar-refractivity contribution in [1.82, 2.24) is 15.2 Å². The summed E-state index contributed by atoms with van der Waals surface area (Å²) in [6, 6.07) is 7.36. The molecular weight excluding hydrogens is 292 g/mol. The van der Waals surface area contributed by atoms with Gasteiger partial charge in [0.25, 0.3) is 0 Å². The van der Waals surface area contributed by atoms with E-state index in [-0.39, 0.29) is 6.04 Å². The third-order valence-electron chi connectivity index (χ3n) is 3.21. The van der Waals surface area contributed by atoms with Crippen LogP contribution < -0.4 is 16.0 Å². The van der Waals surface area contributed by atoms with Crippen LogP contribution in [-0.4, -0.2) is 30.6 Å². The largest absolute Gasteiger partial charge is 0.497 e. The summed E-state index contributed by atoms with van der Waals surface area (Å²) >= 11 is 6.27. The fourth-order valence-corrected chi connectivity index (χ4v) is 2.42. The lowest BCUT2D eigenvalue weighted by Crippen LogP contribution is -2.31. The molecule has 6 nitrogen and oxygen atoms in total. The molecule has 21 heavy (non-hydrogen) atoms. The fourth-order valence-electron chi connectivity index (χ4n) is 2.17. The van der Waals surface area contributed by atoms with Gasteiger partial charge in [0.1, 0.15) is 5.75 Å². The third-order valence-corrected chi connectivity index (χ3v) is 3.50. The van der Waals surface area contributed by atoms with E-state index in [9.17, 15) is 0 Å². The SMILES string of the molecule is COCCn1ncc(Cl)c1C(NN)c1cccc(OC)c1. The van der Waals surface area contributed by atoms with Crippen LogP contribution in [0.1, 0.15) is 17.3 Å². The zero-order chi connectivity index (χ0) is 15.2. The zero-order valence-electron chi connectivity index (χ0n) is 12.0. The van der Waals surface area contributed by atoms with Crippen molar-refractivity contribution in [3.63, 3.8) is 0 Å². The first-order chi connectivity index (χ1) is 10.2. The first-order valence-electron chi connectivity index (χ1n) is 6.51. The van der Waals surface area contributed by atoms with Crippen molar-refractivity contribution in [2.45, 2.75) is 12.6 Å². The van der Waals surface area contributed by atoms with Crippen LogP contribution in [0.3, 0.4) is 0 Å². The third kappa shape index (κ3) is 3.54. The molecule has 0 aliphatic rings. The van der Waals surface area contributed by atoms with Crippen LogP contribution >= 0.6 is 11.6 Å². The normalized spacial score (nSPS) is 12.4. The maximum absolute atomic E-state index is 6.27. The Balaban J connectivity index is 2.38. The van der Waals surface area contributed by atoms with Gasteiger partial charge in [-0.25, -0.2) is 5.43 Å². The number of hydrogen-bond donors (Lipinski definition) is 2. The van der Waals surface area contributed by atoms with E-state index in [1.165, 1.54) is 0 Å².